The monoisotopic (exact) mass is 258 g/mol. The van der Waals surface area contributed by atoms with E-state index >= 15 is 0 Å². The Morgan fingerprint density at radius 1 is 1.37 bits per heavy atom. The molecule has 0 saturated heterocycles. The molecule has 0 atom stereocenters. The van der Waals surface area contributed by atoms with Gasteiger partial charge in [-0.15, -0.1) is 0 Å². The van der Waals surface area contributed by atoms with Gasteiger partial charge in [-0.25, -0.2) is 4.79 Å². The summed E-state index contributed by atoms with van der Waals surface area (Å²) in [6.07, 6.45) is 1.90. The van der Waals surface area contributed by atoms with Crippen molar-refractivity contribution in [1.82, 2.24) is 10.2 Å². The largest absolute Gasteiger partial charge is 0.456 e. The lowest BCUT2D eigenvalue weighted by Crippen LogP contribution is -2.05. The molecule has 1 heterocycles. The van der Waals surface area contributed by atoms with Crippen molar-refractivity contribution >= 4 is 5.97 Å². The van der Waals surface area contributed by atoms with Crippen LogP contribution in [0.4, 0.5) is 0 Å². The molecule has 1 aromatic heterocycles. The van der Waals surface area contributed by atoms with Crippen LogP contribution in [-0.2, 0) is 17.8 Å². The zero-order valence-corrected chi connectivity index (χ0v) is 11.3. The van der Waals surface area contributed by atoms with Crippen LogP contribution in [0.25, 0.3) is 0 Å². The van der Waals surface area contributed by atoms with Gasteiger partial charge in [0.15, 0.2) is 5.69 Å². The van der Waals surface area contributed by atoms with Gasteiger partial charge in [0.1, 0.15) is 6.61 Å². The number of aromatic nitrogens is 2. The number of hydrogen-bond donors (Lipinski definition) is 1. The van der Waals surface area contributed by atoms with E-state index in [1.165, 1.54) is 0 Å². The Kier molecular flexibility index (Phi) is 4.34. The molecule has 0 aliphatic carbocycles. The van der Waals surface area contributed by atoms with Crippen molar-refractivity contribution in [2.75, 3.05) is 0 Å². The van der Waals surface area contributed by atoms with E-state index in [1.807, 2.05) is 31.2 Å². The molecule has 0 bridgehead atoms. The molecule has 0 unspecified atom stereocenters. The minimum atomic E-state index is -0.389. The van der Waals surface area contributed by atoms with Crippen molar-refractivity contribution in [3.8, 4) is 0 Å². The first kappa shape index (κ1) is 13.3. The Morgan fingerprint density at radius 3 is 2.95 bits per heavy atom. The van der Waals surface area contributed by atoms with Crippen molar-refractivity contribution in [2.24, 2.45) is 0 Å². The quantitative estimate of drug-likeness (QED) is 0.839. The summed E-state index contributed by atoms with van der Waals surface area (Å²) < 4.78 is 5.24. The van der Waals surface area contributed by atoms with Gasteiger partial charge in [-0.05, 0) is 25.0 Å². The number of carbonyl (C=O) groups is 1. The summed E-state index contributed by atoms with van der Waals surface area (Å²) in [5.74, 6) is -0.389. The second-order valence-electron chi connectivity index (χ2n) is 4.59. The van der Waals surface area contributed by atoms with E-state index in [0.29, 0.717) is 5.69 Å². The SMILES string of the molecule is CCCc1cc(C(=O)OCc2cccc(C)c2)n[nH]1. The number of esters is 1. The maximum absolute atomic E-state index is 11.8. The molecule has 0 saturated carbocycles. The molecule has 4 nitrogen and oxygen atoms in total. The molecule has 19 heavy (non-hydrogen) atoms. The molecule has 0 aliphatic rings. The summed E-state index contributed by atoms with van der Waals surface area (Å²) in [6, 6.07) is 9.65. The second-order valence-corrected chi connectivity index (χ2v) is 4.59. The van der Waals surface area contributed by atoms with Gasteiger partial charge in [-0.1, -0.05) is 43.2 Å². The second kappa shape index (κ2) is 6.18. The number of hydrogen-bond acceptors (Lipinski definition) is 3. The van der Waals surface area contributed by atoms with Crippen molar-refractivity contribution in [1.29, 1.82) is 0 Å². The number of ether oxygens (including phenoxy) is 1. The zero-order chi connectivity index (χ0) is 13.7. The van der Waals surface area contributed by atoms with Gasteiger partial charge >= 0.3 is 5.97 Å². The van der Waals surface area contributed by atoms with E-state index in [2.05, 4.69) is 17.1 Å². The van der Waals surface area contributed by atoms with Gasteiger partial charge in [0.25, 0.3) is 0 Å². The van der Waals surface area contributed by atoms with Gasteiger partial charge < -0.3 is 4.74 Å². The Hall–Kier alpha value is -2.10. The molecule has 0 amide bonds. The third kappa shape index (κ3) is 3.68. The van der Waals surface area contributed by atoms with Crippen LogP contribution in [0.1, 0.15) is 40.7 Å². The number of nitrogens with one attached hydrogen (secondary N) is 1. The van der Waals surface area contributed by atoms with E-state index in [9.17, 15) is 4.79 Å². The third-order valence-electron chi connectivity index (χ3n) is 2.81. The predicted octanol–water partition coefficient (Wildman–Crippen LogP) is 3.03. The lowest BCUT2D eigenvalue weighted by atomic mass is 10.1. The van der Waals surface area contributed by atoms with E-state index in [1.54, 1.807) is 6.07 Å². The Labute approximate surface area is 112 Å². The summed E-state index contributed by atoms with van der Waals surface area (Å²) >= 11 is 0. The number of aryl methyl sites for hydroxylation is 2. The number of carbonyl (C=O) groups excluding carboxylic acids is 1. The van der Waals surface area contributed by atoms with Gasteiger partial charge in [0.2, 0.25) is 0 Å². The summed E-state index contributed by atoms with van der Waals surface area (Å²) in [6.45, 7) is 4.36. The topological polar surface area (TPSA) is 55.0 Å². The first-order valence-electron chi connectivity index (χ1n) is 6.46. The molecule has 2 aromatic rings. The first-order chi connectivity index (χ1) is 9.19. The lowest BCUT2D eigenvalue weighted by molar-refractivity contribution is 0.0465. The third-order valence-corrected chi connectivity index (χ3v) is 2.81. The molecular weight excluding hydrogens is 240 g/mol. The van der Waals surface area contributed by atoms with Crippen LogP contribution >= 0.6 is 0 Å². The van der Waals surface area contributed by atoms with E-state index in [4.69, 9.17) is 4.74 Å². The highest BCUT2D eigenvalue weighted by molar-refractivity contribution is 5.87. The van der Waals surface area contributed by atoms with E-state index in [-0.39, 0.29) is 12.6 Å². The molecule has 0 aliphatic heterocycles. The van der Waals surface area contributed by atoms with Crippen LogP contribution in [0.5, 0.6) is 0 Å². The minimum absolute atomic E-state index is 0.274. The minimum Gasteiger partial charge on any atom is -0.456 e. The van der Waals surface area contributed by atoms with Crippen LogP contribution < -0.4 is 0 Å². The molecule has 0 fully saturated rings. The highest BCUT2D eigenvalue weighted by Gasteiger charge is 2.11. The zero-order valence-electron chi connectivity index (χ0n) is 11.3. The fraction of sp³-hybridized carbons (Fsp3) is 0.333. The summed E-state index contributed by atoms with van der Waals surface area (Å²) in [4.78, 5) is 11.8. The first-order valence-corrected chi connectivity index (χ1v) is 6.46. The molecular formula is C15H18N2O2. The van der Waals surface area contributed by atoms with Gasteiger partial charge in [0, 0.05) is 5.69 Å². The number of nitrogens with zero attached hydrogens (tertiary/aromatic N) is 1. The fourth-order valence-corrected chi connectivity index (χ4v) is 1.89. The molecule has 100 valence electrons. The average molecular weight is 258 g/mol. The van der Waals surface area contributed by atoms with Gasteiger partial charge in [-0.3, -0.25) is 5.10 Å². The summed E-state index contributed by atoms with van der Waals surface area (Å²) in [7, 11) is 0. The Bertz CT molecular complexity index is 561. The average Bonchev–Trinajstić information content (AvgIpc) is 2.85. The number of rotatable bonds is 5. The molecule has 1 N–H and O–H groups in total. The molecule has 0 radical (unpaired) electrons. The molecule has 4 heteroatoms. The van der Waals surface area contributed by atoms with Gasteiger partial charge in [-0.2, -0.15) is 5.10 Å². The van der Waals surface area contributed by atoms with Crippen LogP contribution in [-0.4, -0.2) is 16.2 Å². The van der Waals surface area contributed by atoms with E-state index < -0.39 is 0 Å². The van der Waals surface area contributed by atoms with Crippen molar-refractivity contribution < 1.29 is 9.53 Å². The molecule has 0 spiro atoms. The van der Waals surface area contributed by atoms with Gasteiger partial charge in [0.05, 0.1) is 0 Å². The number of aromatic amines is 1. The van der Waals surface area contributed by atoms with Crippen molar-refractivity contribution in [3.05, 3.63) is 52.8 Å². The highest BCUT2D eigenvalue weighted by atomic mass is 16.5. The fourth-order valence-electron chi connectivity index (χ4n) is 1.89. The molecule has 2 rings (SSSR count). The van der Waals surface area contributed by atoms with E-state index in [0.717, 1.165) is 29.7 Å². The number of benzene rings is 1. The number of H-pyrrole nitrogens is 1. The van der Waals surface area contributed by atoms with Crippen molar-refractivity contribution in [2.45, 2.75) is 33.3 Å². The summed E-state index contributed by atoms with van der Waals surface area (Å²) in [5, 5.41) is 6.81. The standard InChI is InChI=1S/C15H18N2O2/c1-3-5-13-9-14(17-16-13)15(18)19-10-12-7-4-6-11(2)8-12/h4,6-9H,3,5,10H2,1-2H3,(H,16,17). The van der Waals surface area contributed by atoms with Crippen LogP contribution in [0.2, 0.25) is 0 Å². The maximum Gasteiger partial charge on any atom is 0.359 e. The van der Waals surface area contributed by atoms with Crippen LogP contribution in [0.3, 0.4) is 0 Å². The smallest absolute Gasteiger partial charge is 0.359 e. The highest BCUT2D eigenvalue weighted by Crippen LogP contribution is 2.08. The molecule has 1 aromatic carbocycles. The predicted molar refractivity (Wildman–Crippen MR) is 72.9 cm³/mol. The Balaban J connectivity index is 1.93. The van der Waals surface area contributed by atoms with Crippen molar-refractivity contribution in [3.63, 3.8) is 0 Å². The van der Waals surface area contributed by atoms with Crippen LogP contribution in [0, 0.1) is 6.92 Å². The normalized spacial score (nSPS) is 10.4. The lowest BCUT2D eigenvalue weighted by Gasteiger charge is -2.03. The van der Waals surface area contributed by atoms with Crippen LogP contribution in [0.15, 0.2) is 30.3 Å². The maximum atomic E-state index is 11.8. The summed E-state index contributed by atoms with van der Waals surface area (Å²) in [5.41, 5.74) is 3.44. The Morgan fingerprint density at radius 2 is 2.21 bits per heavy atom.